The van der Waals surface area contributed by atoms with E-state index in [0.717, 1.165) is 19.5 Å². The Morgan fingerprint density at radius 2 is 2.07 bits per heavy atom. The standard InChI is InChI=1S/C13H19NO/c15-9-7-13-6-8-14(11-13)10-12-4-2-1-3-5-12/h1-5,13,15H,6-11H2. The van der Waals surface area contributed by atoms with Gasteiger partial charge in [0.15, 0.2) is 0 Å². The topological polar surface area (TPSA) is 23.5 Å². The number of benzene rings is 1. The lowest BCUT2D eigenvalue weighted by Gasteiger charge is -2.15. The van der Waals surface area contributed by atoms with Crippen LogP contribution in [-0.2, 0) is 6.54 Å². The predicted octanol–water partition coefficient (Wildman–Crippen LogP) is 1.89. The first-order valence-electron chi connectivity index (χ1n) is 5.75. The first kappa shape index (κ1) is 10.7. The third-order valence-corrected chi connectivity index (χ3v) is 3.16. The molecule has 2 rings (SSSR count). The molecular weight excluding hydrogens is 186 g/mol. The van der Waals surface area contributed by atoms with Crippen LogP contribution in [0.3, 0.4) is 0 Å². The van der Waals surface area contributed by atoms with Gasteiger partial charge in [-0.25, -0.2) is 0 Å². The van der Waals surface area contributed by atoms with E-state index in [4.69, 9.17) is 5.11 Å². The van der Waals surface area contributed by atoms with Crippen molar-refractivity contribution in [3.63, 3.8) is 0 Å². The molecule has 0 bridgehead atoms. The van der Waals surface area contributed by atoms with Gasteiger partial charge in [0.25, 0.3) is 0 Å². The summed E-state index contributed by atoms with van der Waals surface area (Å²) in [7, 11) is 0. The monoisotopic (exact) mass is 205 g/mol. The lowest BCUT2D eigenvalue weighted by Crippen LogP contribution is -2.20. The lowest BCUT2D eigenvalue weighted by molar-refractivity contribution is 0.249. The van der Waals surface area contributed by atoms with Gasteiger partial charge in [-0.2, -0.15) is 0 Å². The normalized spacial score (nSPS) is 22.1. The average Bonchev–Trinajstić information content (AvgIpc) is 2.68. The maximum absolute atomic E-state index is 8.88. The molecule has 1 fully saturated rings. The molecule has 2 heteroatoms. The third kappa shape index (κ3) is 3.05. The van der Waals surface area contributed by atoms with Gasteiger partial charge in [0.1, 0.15) is 0 Å². The Kier molecular flexibility index (Phi) is 3.75. The van der Waals surface area contributed by atoms with Crippen LogP contribution in [0.5, 0.6) is 0 Å². The van der Waals surface area contributed by atoms with Crippen LogP contribution in [0.1, 0.15) is 18.4 Å². The summed E-state index contributed by atoms with van der Waals surface area (Å²) in [5.41, 5.74) is 1.39. The van der Waals surface area contributed by atoms with Crippen LogP contribution in [0, 0.1) is 5.92 Å². The van der Waals surface area contributed by atoms with Crippen molar-refractivity contribution in [3.05, 3.63) is 35.9 Å². The zero-order valence-corrected chi connectivity index (χ0v) is 9.10. The van der Waals surface area contributed by atoms with Crippen molar-refractivity contribution >= 4 is 0 Å². The van der Waals surface area contributed by atoms with E-state index in [9.17, 15) is 0 Å². The summed E-state index contributed by atoms with van der Waals surface area (Å²) < 4.78 is 0. The van der Waals surface area contributed by atoms with E-state index in [1.165, 1.54) is 18.5 Å². The Hall–Kier alpha value is -0.860. The van der Waals surface area contributed by atoms with Gasteiger partial charge in [-0.05, 0) is 30.9 Å². The van der Waals surface area contributed by atoms with Gasteiger partial charge in [-0.3, -0.25) is 4.90 Å². The Labute approximate surface area is 91.5 Å². The van der Waals surface area contributed by atoms with Gasteiger partial charge in [0.05, 0.1) is 0 Å². The maximum Gasteiger partial charge on any atom is 0.0434 e. The second-order valence-corrected chi connectivity index (χ2v) is 4.39. The minimum atomic E-state index is 0.337. The number of likely N-dealkylation sites (tertiary alicyclic amines) is 1. The summed E-state index contributed by atoms with van der Waals surface area (Å²) in [6.07, 6.45) is 2.21. The van der Waals surface area contributed by atoms with Crippen LogP contribution in [-0.4, -0.2) is 29.7 Å². The van der Waals surface area contributed by atoms with Gasteiger partial charge < -0.3 is 5.11 Å². The smallest absolute Gasteiger partial charge is 0.0434 e. The van der Waals surface area contributed by atoms with Crippen LogP contribution in [0.2, 0.25) is 0 Å². The summed E-state index contributed by atoms with van der Waals surface area (Å²) >= 11 is 0. The number of hydrogen-bond donors (Lipinski definition) is 1. The van der Waals surface area contributed by atoms with Crippen molar-refractivity contribution in [2.24, 2.45) is 5.92 Å². The number of aliphatic hydroxyl groups is 1. The number of rotatable bonds is 4. The molecule has 0 amide bonds. The van der Waals surface area contributed by atoms with Crippen LogP contribution < -0.4 is 0 Å². The molecule has 15 heavy (non-hydrogen) atoms. The summed E-state index contributed by atoms with van der Waals surface area (Å²) in [6.45, 7) is 3.72. The van der Waals surface area contributed by atoms with E-state index >= 15 is 0 Å². The van der Waals surface area contributed by atoms with Crippen molar-refractivity contribution in [3.8, 4) is 0 Å². The molecule has 0 spiro atoms. The molecular formula is C13H19NO. The van der Waals surface area contributed by atoms with Crippen molar-refractivity contribution < 1.29 is 5.11 Å². The molecule has 1 aromatic carbocycles. The van der Waals surface area contributed by atoms with Crippen LogP contribution in [0.15, 0.2) is 30.3 Å². The van der Waals surface area contributed by atoms with Crippen molar-refractivity contribution in [1.82, 2.24) is 4.90 Å². The molecule has 0 saturated carbocycles. The number of aliphatic hydroxyl groups excluding tert-OH is 1. The van der Waals surface area contributed by atoms with E-state index in [-0.39, 0.29) is 0 Å². The molecule has 0 radical (unpaired) electrons. The average molecular weight is 205 g/mol. The largest absolute Gasteiger partial charge is 0.396 e. The Balaban J connectivity index is 1.82. The minimum absolute atomic E-state index is 0.337. The minimum Gasteiger partial charge on any atom is -0.396 e. The highest BCUT2D eigenvalue weighted by Crippen LogP contribution is 2.20. The van der Waals surface area contributed by atoms with Gasteiger partial charge in [0.2, 0.25) is 0 Å². The number of nitrogens with zero attached hydrogens (tertiary/aromatic N) is 1. The van der Waals surface area contributed by atoms with Crippen molar-refractivity contribution in [1.29, 1.82) is 0 Å². The van der Waals surface area contributed by atoms with Gasteiger partial charge >= 0.3 is 0 Å². The first-order valence-corrected chi connectivity index (χ1v) is 5.75. The van der Waals surface area contributed by atoms with Gasteiger partial charge in [-0.1, -0.05) is 30.3 Å². The fraction of sp³-hybridized carbons (Fsp3) is 0.538. The zero-order chi connectivity index (χ0) is 10.5. The highest BCUT2D eigenvalue weighted by Gasteiger charge is 2.21. The summed E-state index contributed by atoms with van der Waals surface area (Å²) in [4.78, 5) is 2.48. The van der Waals surface area contributed by atoms with Crippen molar-refractivity contribution in [2.45, 2.75) is 19.4 Å². The Morgan fingerprint density at radius 3 is 2.80 bits per heavy atom. The molecule has 1 aliphatic rings. The maximum atomic E-state index is 8.88. The van der Waals surface area contributed by atoms with E-state index in [0.29, 0.717) is 12.5 Å². The molecule has 2 nitrogen and oxygen atoms in total. The molecule has 1 N–H and O–H groups in total. The Bertz CT molecular complexity index is 286. The van der Waals surface area contributed by atoms with Gasteiger partial charge in [-0.15, -0.1) is 0 Å². The molecule has 0 aliphatic carbocycles. The molecule has 1 heterocycles. The van der Waals surface area contributed by atoms with E-state index in [2.05, 4.69) is 35.2 Å². The predicted molar refractivity (Wildman–Crippen MR) is 61.5 cm³/mol. The molecule has 0 aromatic heterocycles. The molecule has 82 valence electrons. The molecule has 1 atom stereocenters. The second kappa shape index (κ2) is 5.29. The van der Waals surface area contributed by atoms with Gasteiger partial charge in [0, 0.05) is 19.7 Å². The first-order chi connectivity index (χ1) is 7.38. The van der Waals surface area contributed by atoms with E-state index < -0.39 is 0 Å². The quantitative estimate of drug-likeness (QED) is 0.811. The summed E-state index contributed by atoms with van der Waals surface area (Å²) in [5, 5.41) is 8.88. The number of hydrogen-bond acceptors (Lipinski definition) is 2. The molecule has 1 aromatic rings. The molecule has 1 saturated heterocycles. The zero-order valence-electron chi connectivity index (χ0n) is 9.10. The Morgan fingerprint density at radius 1 is 1.27 bits per heavy atom. The summed E-state index contributed by atoms with van der Waals surface area (Å²) in [6, 6.07) is 10.6. The molecule has 1 aliphatic heterocycles. The summed E-state index contributed by atoms with van der Waals surface area (Å²) in [5.74, 6) is 0.707. The van der Waals surface area contributed by atoms with Crippen LogP contribution in [0.4, 0.5) is 0 Å². The van der Waals surface area contributed by atoms with Crippen molar-refractivity contribution in [2.75, 3.05) is 19.7 Å². The van der Waals surface area contributed by atoms with E-state index in [1.54, 1.807) is 0 Å². The fourth-order valence-electron chi connectivity index (χ4n) is 2.32. The fourth-order valence-corrected chi connectivity index (χ4v) is 2.32. The van der Waals surface area contributed by atoms with Crippen LogP contribution in [0.25, 0.3) is 0 Å². The highest BCUT2D eigenvalue weighted by molar-refractivity contribution is 5.14. The SMILES string of the molecule is OCCC1CCN(Cc2ccccc2)C1. The van der Waals surface area contributed by atoms with Crippen LogP contribution >= 0.6 is 0 Å². The third-order valence-electron chi connectivity index (χ3n) is 3.16. The highest BCUT2D eigenvalue weighted by atomic mass is 16.3. The molecule has 1 unspecified atom stereocenters. The lowest BCUT2D eigenvalue weighted by atomic mass is 10.1. The second-order valence-electron chi connectivity index (χ2n) is 4.39. The van der Waals surface area contributed by atoms with E-state index in [1.807, 2.05) is 0 Å².